The summed E-state index contributed by atoms with van der Waals surface area (Å²) in [5, 5.41) is 2.67. The molecule has 1 aromatic rings. The number of anilines is 1. The van der Waals surface area contributed by atoms with Crippen LogP contribution in [-0.4, -0.2) is 36.5 Å². The van der Waals surface area contributed by atoms with Crippen LogP contribution in [0, 0.1) is 0 Å². The Balaban J connectivity index is 2.19. The number of benzene rings is 1. The molecule has 0 aromatic heterocycles. The van der Waals surface area contributed by atoms with Gasteiger partial charge in [-0.25, -0.2) is 4.79 Å². The Morgan fingerprint density at radius 3 is 2.62 bits per heavy atom. The van der Waals surface area contributed by atoms with Crippen molar-refractivity contribution in [1.29, 1.82) is 0 Å². The molecule has 1 aliphatic heterocycles. The van der Waals surface area contributed by atoms with Crippen molar-refractivity contribution in [2.45, 2.75) is 52.2 Å². The van der Waals surface area contributed by atoms with Crippen LogP contribution < -0.4 is 10.2 Å². The van der Waals surface area contributed by atoms with Crippen molar-refractivity contribution in [2.24, 2.45) is 0 Å². The van der Waals surface area contributed by atoms with Crippen LogP contribution in [0.25, 0.3) is 6.08 Å². The van der Waals surface area contributed by atoms with Gasteiger partial charge in [0.25, 0.3) is 0 Å². The van der Waals surface area contributed by atoms with Gasteiger partial charge in [-0.15, -0.1) is 0 Å². The van der Waals surface area contributed by atoms with E-state index in [0.29, 0.717) is 12.8 Å². The summed E-state index contributed by atoms with van der Waals surface area (Å²) in [5.41, 5.74) is 2.03. The lowest BCUT2D eigenvalue weighted by Crippen LogP contribution is -2.48. The predicted octanol–water partition coefficient (Wildman–Crippen LogP) is 3.09. The maximum Gasteiger partial charge on any atom is 0.408 e. The molecule has 6 heteroatoms. The third-order valence-corrected chi connectivity index (χ3v) is 4.00. The number of ketones is 1. The zero-order chi connectivity index (χ0) is 19.5. The second-order valence-corrected chi connectivity index (χ2v) is 7.47. The zero-order valence-corrected chi connectivity index (χ0v) is 16.0. The molecule has 0 saturated carbocycles. The number of fused-ring (bicyclic) bond motifs is 1. The Hall–Kier alpha value is -2.63. The molecule has 26 heavy (non-hydrogen) atoms. The molecule has 1 aliphatic rings. The molecule has 0 saturated heterocycles. The lowest BCUT2D eigenvalue weighted by molar-refractivity contribution is -0.120. The number of ether oxygens (including phenoxy) is 1. The van der Waals surface area contributed by atoms with E-state index in [4.69, 9.17) is 4.74 Å². The van der Waals surface area contributed by atoms with Crippen molar-refractivity contribution in [1.82, 2.24) is 5.32 Å². The van der Waals surface area contributed by atoms with Crippen molar-refractivity contribution in [2.75, 3.05) is 11.9 Å². The molecule has 2 rings (SSSR count). The minimum Gasteiger partial charge on any atom is -0.444 e. The van der Waals surface area contributed by atoms with Crippen molar-refractivity contribution in [3.05, 3.63) is 35.4 Å². The second-order valence-electron chi connectivity index (χ2n) is 7.47. The average Bonchev–Trinajstić information content (AvgIpc) is 2.63. The van der Waals surface area contributed by atoms with E-state index in [9.17, 15) is 14.4 Å². The van der Waals surface area contributed by atoms with Gasteiger partial charge in [-0.1, -0.05) is 18.2 Å². The number of hydrogen-bond acceptors (Lipinski definition) is 4. The highest BCUT2D eigenvalue weighted by Gasteiger charge is 2.30. The third kappa shape index (κ3) is 5.18. The number of rotatable bonds is 3. The molecule has 1 atom stereocenters. The number of carbonyl (C=O) groups excluding carboxylic acids is 3. The standard InChI is InChI=1S/C20H26N2O4/c1-13(23)6-7-14-8-9-15-10-11-16(18(24)22(5)17(15)12-14)21-19(25)26-20(2,3)4/h6-9,12,16H,10-11H2,1-5H3,(H,21,25)/b7-6+/t16-/m0/s1. The fourth-order valence-corrected chi connectivity index (χ4v) is 2.78. The second kappa shape index (κ2) is 7.72. The topological polar surface area (TPSA) is 75.7 Å². The van der Waals surface area contributed by atoms with Gasteiger partial charge in [-0.3, -0.25) is 9.59 Å². The van der Waals surface area contributed by atoms with E-state index < -0.39 is 17.7 Å². The lowest BCUT2D eigenvalue weighted by atomic mass is 10.0. The van der Waals surface area contributed by atoms with Crippen LogP contribution in [-0.2, 0) is 20.7 Å². The number of carbonyl (C=O) groups is 3. The average molecular weight is 358 g/mol. The number of aryl methyl sites for hydroxylation is 1. The van der Waals surface area contributed by atoms with Gasteiger partial charge in [0.05, 0.1) is 0 Å². The summed E-state index contributed by atoms with van der Waals surface area (Å²) in [7, 11) is 1.69. The quantitative estimate of drug-likeness (QED) is 0.843. The highest BCUT2D eigenvalue weighted by molar-refractivity contribution is 6.00. The van der Waals surface area contributed by atoms with Crippen LogP contribution in [0.2, 0.25) is 0 Å². The Kier molecular flexibility index (Phi) is 5.85. The number of nitrogens with zero attached hydrogens (tertiary/aromatic N) is 1. The van der Waals surface area contributed by atoms with Gasteiger partial charge in [-0.05, 0) is 63.8 Å². The number of alkyl carbamates (subject to hydrolysis) is 1. The molecule has 0 unspecified atom stereocenters. The summed E-state index contributed by atoms with van der Waals surface area (Å²) < 4.78 is 5.25. The van der Waals surface area contributed by atoms with Crippen LogP contribution in [0.5, 0.6) is 0 Å². The molecule has 0 fully saturated rings. The Morgan fingerprint density at radius 1 is 1.31 bits per heavy atom. The summed E-state index contributed by atoms with van der Waals surface area (Å²) in [6.45, 7) is 6.82. The van der Waals surface area contributed by atoms with Gasteiger partial charge in [0.15, 0.2) is 5.78 Å². The lowest BCUT2D eigenvalue weighted by Gasteiger charge is -2.24. The predicted molar refractivity (Wildman–Crippen MR) is 101 cm³/mol. The largest absolute Gasteiger partial charge is 0.444 e. The molecule has 140 valence electrons. The highest BCUT2D eigenvalue weighted by atomic mass is 16.6. The number of nitrogens with one attached hydrogen (secondary N) is 1. The summed E-state index contributed by atoms with van der Waals surface area (Å²) in [6, 6.07) is 5.11. The highest BCUT2D eigenvalue weighted by Crippen LogP contribution is 2.28. The van der Waals surface area contributed by atoms with E-state index in [1.54, 1.807) is 38.8 Å². The summed E-state index contributed by atoms with van der Waals surface area (Å²) >= 11 is 0. The molecule has 1 heterocycles. The molecule has 2 amide bonds. The van der Waals surface area contributed by atoms with E-state index in [1.165, 1.54) is 13.0 Å². The fourth-order valence-electron chi connectivity index (χ4n) is 2.78. The smallest absolute Gasteiger partial charge is 0.408 e. The van der Waals surface area contributed by atoms with Gasteiger partial charge in [0, 0.05) is 12.7 Å². The van der Waals surface area contributed by atoms with Crippen LogP contribution >= 0.6 is 0 Å². The Labute approximate surface area is 154 Å². The van der Waals surface area contributed by atoms with E-state index in [0.717, 1.165) is 16.8 Å². The molecule has 1 aromatic carbocycles. The number of allylic oxidation sites excluding steroid dienone is 1. The molecular formula is C20H26N2O4. The summed E-state index contributed by atoms with van der Waals surface area (Å²) in [6.07, 6.45) is 3.77. The summed E-state index contributed by atoms with van der Waals surface area (Å²) in [4.78, 5) is 37.5. The van der Waals surface area contributed by atoms with Gasteiger partial charge in [0.1, 0.15) is 11.6 Å². The molecule has 0 radical (unpaired) electrons. The number of amides is 2. The van der Waals surface area contributed by atoms with Crippen molar-refractivity contribution < 1.29 is 19.1 Å². The maximum atomic E-state index is 12.8. The van der Waals surface area contributed by atoms with Gasteiger partial charge in [0.2, 0.25) is 5.91 Å². The molecule has 0 bridgehead atoms. The number of hydrogen-bond donors (Lipinski definition) is 1. The minimum absolute atomic E-state index is 0.0361. The maximum absolute atomic E-state index is 12.8. The van der Waals surface area contributed by atoms with E-state index in [-0.39, 0.29) is 11.7 Å². The monoisotopic (exact) mass is 358 g/mol. The Morgan fingerprint density at radius 2 is 2.00 bits per heavy atom. The van der Waals surface area contributed by atoms with Crippen LogP contribution in [0.1, 0.15) is 45.2 Å². The van der Waals surface area contributed by atoms with Crippen LogP contribution in [0.15, 0.2) is 24.3 Å². The van der Waals surface area contributed by atoms with Crippen LogP contribution in [0.4, 0.5) is 10.5 Å². The number of likely N-dealkylation sites (N-methyl/N-ethyl adjacent to an activating group) is 1. The SMILES string of the molecule is CC(=O)/C=C/c1ccc2c(c1)N(C)C(=O)[C@@H](NC(=O)OC(C)(C)C)CC2. The van der Waals surface area contributed by atoms with Gasteiger partial charge >= 0.3 is 6.09 Å². The third-order valence-electron chi connectivity index (χ3n) is 4.00. The van der Waals surface area contributed by atoms with E-state index in [2.05, 4.69) is 5.32 Å². The molecule has 0 spiro atoms. The van der Waals surface area contributed by atoms with Crippen molar-refractivity contribution >= 4 is 29.5 Å². The van der Waals surface area contributed by atoms with E-state index in [1.807, 2.05) is 18.2 Å². The first-order chi connectivity index (χ1) is 12.1. The summed E-state index contributed by atoms with van der Waals surface area (Å²) in [5.74, 6) is -0.228. The first-order valence-corrected chi connectivity index (χ1v) is 8.65. The van der Waals surface area contributed by atoms with Gasteiger partial charge in [-0.2, -0.15) is 0 Å². The molecule has 1 N–H and O–H groups in total. The normalized spacial score (nSPS) is 17.7. The first-order valence-electron chi connectivity index (χ1n) is 8.65. The zero-order valence-electron chi connectivity index (χ0n) is 16.0. The molecular weight excluding hydrogens is 332 g/mol. The molecule has 6 nitrogen and oxygen atoms in total. The minimum atomic E-state index is -0.640. The fraction of sp³-hybridized carbons (Fsp3) is 0.450. The van der Waals surface area contributed by atoms with Crippen LogP contribution in [0.3, 0.4) is 0 Å². The van der Waals surface area contributed by atoms with Crippen molar-refractivity contribution in [3.63, 3.8) is 0 Å². The van der Waals surface area contributed by atoms with E-state index >= 15 is 0 Å². The van der Waals surface area contributed by atoms with Gasteiger partial charge < -0.3 is 15.0 Å². The van der Waals surface area contributed by atoms with Crippen molar-refractivity contribution in [3.8, 4) is 0 Å². The molecule has 0 aliphatic carbocycles. The first kappa shape index (κ1) is 19.7. The Bertz CT molecular complexity index is 747.